The van der Waals surface area contributed by atoms with Crippen LogP contribution < -0.4 is 18.9 Å². The third-order valence-electron chi connectivity index (χ3n) is 4.25. The normalized spacial score (nSPS) is 15.6. The molecule has 3 aromatic rings. The second-order valence-corrected chi connectivity index (χ2v) is 7.28. The van der Waals surface area contributed by atoms with E-state index in [1.165, 1.54) is 13.2 Å². The Morgan fingerprint density at radius 3 is 2.79 bits per heavy atom. The van der Waals surface area contributed by atoms with E-state index in [1.54, 1.807) is 19.4 Å². The van der Waals surface area contributed by atoms with Crippen molar-refractivity contribution >= 4 is 22.2 Å². The highest BCUT2D eigenvalue weighted by Gasteiger charge is 2.46. The van der Waals surface area contributed by atoms with Crippen molar-refractivity contribution in [3.8, 4) is 23.0 Å². The topological polar surface area (TPSA) is 102 Å². The number of rotatable bonds is 5. The summed E-state index contributed by atoms with van der Waals surface area (Å²) in [6.07, 6.45) is -2.21. The Balaban J connectivity index is 1.69. The van der Waals surface area contributed by atoms with Crippen LogP contribution in [0, 0.1) is 6.92 Å². The molecule has 1 aromatic carbocycles. The predicted octanol–water partition coefficient (Wildman–Crippen LogP) is 2.91. The Bertz CT molecular complexity index is 1060. The Morgan fingerprint density at radius 2 is 2.07 bits per heavy atom. The number of methoxy groups -OCH3 is 2. The molecular weight excluding hydrogens is 396 g/mol. The maximum atomic E-state index is 13.4. The number of pyridine rings is 1. The number of nitrogens with one attached hydrogen (secondary N) is 1. The van der Waals surface area contributed by atoms with Crippen molar-refractivity contribution in [3.05, 3.63) is 29.6 Å². The molecule has 0 bridgehead atoms. The fourth-order valence-corrected chi connectivity index (χ4v) is 4.01. The van der Waals surface area contributed by atoms with Crippen molar-refractivity contribution in [2.24, 2.45) is 0 Å². The summed E-state index contributed by atoms with van der Waals surface area (Å²) in [5.74, 6) is 0.279. The quantitative estimate of drug-likeness (QED) is 0.644. The van der Waals surface area contributed by atoms with Gasteiger partial charge >= 0.3 is 11.5 Å². The molecule has 0 saturated carbocycles. The van der Waals surface area contributed by atoms with E-state index in [-0.39, 0.29) is 39.2 Å². The highest BCUT2D eigenvalue weighted by molar-refractivity contribution is 7.90. The first-order chi connectivity index (χ1) is 13.3. The van der Waals surface area contributed by atoms with E-state index in [9.17, 15) is 13.3 Å². The number of hydrogen-bond donors (Lipinski definition) is 1. The lowest BCUT2D eigenvalue weighted by Gasteiger charge is -2.11. The van der Waals surface area contributed by atoms with Gasteiger partial charge in [-0.15, -0.1) is 8.78 Å². The molecule has 3 heterocycles. The lowest BCUT2D eigenvalue weighted by molar-refractivity contribution is -0.287. The summed E-state index contributed by atoms with van der Waals surface area (Å²) in [4.78, 5) is 11.3. The van der Waals surface area contributed by atoms with Crippen molar-refractivity contribution in [2.45, 2.75) is 24.1 Å². The highest BCUT2D eigenvalue weighted by atomic mass is 32.2. The summed E-state index contributed by atoms with van der Waals surface area (Å²) in [7, 11) is 2.84. The molecule has 4 rings (SSSR count). The van der Waals surface area contributed by atoms with Gasteiger partial charge in [0.2, 0.25) is 5.75 Å². The van der Waals surface area contributed by atoms with Gasteiger partial charge in [0.05, 0.1) is 19.9 Å². The number of H-pyrrole nitrogens is 1. The number of nitrogens with zero attached hydrogens (tertiary/aromatic N) is 2. The van der Waals surface area contributed by atoms with Gasteiger partial charge in [0.25, 0.3) is 0 Å². The van der Waals surface area contributed by atoms with Crippen LogP contribution in [0.15, 0.2) is 23.5 Å². The van der Waals surface area contributed by atoms with Crippen LogP contribution in [0.1, 0.15) is 11.3 Å². The van der Waals surface area contributed by atoms with Crippen LogP contribution in [-0.4, -0.2) is 40.0 Å². The summed E-state index contributed by atoms with van der Waals surface area (Å²) in [6.45, 7) is 1.82. The van der Waals surface area contributed by atoms with E-state index in [1.807, 2.05) is 6.92 Å². The van der Waals surface area contributed by atoms with Crippen LogP contribution in [0.5, 0.6) is 23.0 Å². The molecular formula is C17H15F2N3O5S. The number of benzene rings is 1. The van der Waals surface area contributed by atoms with Gasteiger partial charge in [-0.1, -0.05) is 0 Å². The maximum absolute atomic E-state index is 13.4. The van der Waals surface area contributed by atoms with Gasteiger partial charge in [0, 0.05) is 29.0 Å². The van der Waals surface area contributed by atoms with Crippen molar-refractivity contribution in [1.82, 2.24) is 15.0 Å². The number of imidazole rings is 1. The second kappa shape index (κ2) is 6.67. The van der Waals surface area contributed by atoms with E-state index in [2.05, 4.69) is 24.4 Å². The third kappa shape index (κ3) is 3.06. The molecule has 0 saturated heterocycles. The van der Waals surface area contributed by atoms with E-state index < -0.39 is 17.5 Å². The van der Waals surface area contributed by atoms with E-state index in [0.717, 1.165) is 5.56 Å². The average Bonchev–Trinajstić information content (AvgIpc) is 3.20. The largest absolute Gasteiger partial charge is 0.609 e. The number of hydrogen-bond acceptors (Lipinski definition) is 7. The SMILES string of the molecule is COc1ccnc(C[S+]([O-])c2nc3cc4c(c(OC)c3[nH]2)OC(F)(F)O4)c1C. The zero-order valence-corrected chi connectivity index (χ0v) is 15.9. The fourth-order valence-electron chi connectivity index (χ4n) is 2.92. The zero-order valence-electron chi connectivity index (χ0n) is 15.0. The first-order valence-corrected chi connectivity index (χ1v) is 9.38. The van der Waals surface area contributed by atoms with Crippen LogP contribution in [0.25, 0.3) is 11.0 Å². The molecule has 1 unspecified atom stereocenters. The molecule has 0 aliphatic carbocycles. The molecule has 28 heavy (non-hydrogen) atoms. The van der Waals surface area contributed by atoms with Gasteiger partial charge in [-0.25, -0.2) is 0 Å². The number of ether oxygens (including phenoxy) is 4. The predicted molar refractivity (Wildman–Crippen MR) is 94.5 cm³/mol. The Labute approximate surface area is 161 Å². The van der Waals surface area contributed by atoms with E-state index in [4.69, 9.17) is 9.47 Å². The van der Waals surface area contributed by atoms with Crippen LogP contribution in [0.3, 0.4) is 0 Å². The molecule has 8 nitrogen and oxygen atoms in total. The summed E-state index contributed by atoms with van der Waals surface area (Å²) in [5.41, 5.74) is 1.91. The smallest absolute Gasteiger partial charge is 0.586 e. The molecule has 1 aliphatic heterocycles. The molecule has 0 radical (unpaired) electrons. The zero-order chi connectivity index (χ0) is 20.1. The highest BCUT2D eigenvalue weighted by Crippen LogP contribution is 2.50. The van der Waals surface area contributed by atoms with E-state index in [0.29, 0.717) is 11.4 Å². The maximum Gasteiger partial charge on any atom is 0.586 e. The Kier molecular flexibility index (Phi) is 4.42. The number of fused-ring (bicyclic) bond motifs is 2. The minimum absolute atomic E-state index is 0.00360. The molecule has 0 spiro atoms. The molecule has 0 fully saturated rings. The van der Waals surface area contributed by atoms with Gasteiger partial charge < -0.3 is 23.5 Å². The Hall–Kier alpha value is -2.79. The van der Waals surface area contributed by atoms with Crippen LogP contribution in [0.2, 0.25) is 0 Å². The van der Waals surface area contributed by atoms with Crippen LogP contribution in [-0.2, 0) is 16.9 Å². The molecule has 1 aliphatic rings. The second-order valence-electron chi connectivity index (χ2n) is 5.92. The fraction of sp³-hybridized carbons (Fsp3) is 0.294. The number of halogens is 2. The molecule has 2 aromatic heterocycles. The van der Waals surface area contributed by atoms with Gasteiger partial charge in [0.15, 0.2) is 17.3 Å². The molecule has 0 amide bonds. The summed E-state index contributed by atoms with van der Waals surface area (Å²) < 4.78 is 58.9. The van der Waals surface area contributed by atoms with Crippen LogP contribution >= 0.6 is 0 Å². The summed E-state index contributed by atoms with van der Waals surface area (Å²) in [6, 6.07) is 2.99. The van der Waals surface area contributed by atoms with Gasteiger partial charge in [-0.05, 0) is 13.0 Å². The number of aromatic amines is 1. The minimum Gasteiger partial charge on any atom is -0.609 e. The lowest BCUT2D eigenvalue weighted by Crippen LogP contribution is -2.26. The molecule has 1 N–H and O–H groups in total. The monoisotopic (exact) mass is 411 g/mol. The van der Waals surface area contributed by atoms with Crippen molar-refractivity contribution in [2.75, 3.05) is 14.2 Å². The van der Waals surface area contributed by atoms with Gasteiger partial charge in [-0.3, -0.25) is 9.97 Å². The summed E-state index contributed by atoms with van der Waals surface area (Å²) in [5, 5.41) is 0.146. The van der Waals surface area contributed by atoms with Gasteiger partial charge in [-0.2, -0.15) is 4.98 Å². The average molecular weight is 411 g/mol. The molecule has 11 heteroatoms. The third-order valence-corrected chi connectivity index (χ3v) is 5.41. The van der Waals surface area contributed by atoms with Crippen molar-refractivity contribution < 1.29 is 32.3 Å². The standard InChI is InChI=1S/C17H15F2N3O5S/c1-8-10(20-5-4-11(8)24-2)7-28(23)16-21-9-6-12-14(27-17(18,19)26-12)15(25-3)13(9)22-16/h4-6H,7H2,1-3H3,(H,21,22). The first-order valence-electron chi connectivity index (χ1n) is 8.06. The van der Waals surface area contributed by atoms with E-state index >= 15 is 0 Å². The van der Waals surface area contributed by atoms with Gasteiger partial charge in [0.1, 0.15) is 16.8 Å². The lowest BCUT2D eigenvalue weighted by atomic mass is 10.2. The van der Waals surface area contributed by atoms with Crippen molar-refractivity contribution in [1.29, 1.82) is 0 Å². The Morgan fingerprint density at radius 1 is 1.29 bits per heavy atom. The molecule has 1 atom stereocenters. The minimum atomic E-state index is -3.78. The van der Waals surface area contributed by atoms with Crippen molar-refractivity contribution in [3.63, 3.8) is 0 Å². The summed E-state index contributed by atoms with van der Waals surface area (Å²) >= 11 is -1.58. The number of alkyl halides is 2. The van der Waals surface area contributed by atoms with Crippen LogP contribution in [0.4, 0.5) is 8.78 Å². The number of aromatic nitrogens is 3. The first kappa shape index (κ1) is 18.6. The molecule has 148 valence electrons.